The lowest BCUT2D eigenvalue weighted by Gasteiger charge is -2.48. The normalized spacial score (nSPS) is 26.9. The Morgan fingerprint density at radius 2 is 1.88 bits per heavy atom. The number of nitrogens with zero attached hydrogens (tertiary/aromatic N) is 4. The summed E-state index contributed by atoms with van der Waals surface area (Å²) >= 11 is 0. The molecule has 1 amide bonds. The van der Waals surface area contributed by atoms with Crippen LogP contribution in [0.3, 0.4) is 0 Å². The van der Waals surface area contributed by atoms with Gasteiger partial charge < -0.3 is 10.2 Å². The molecule has 34 heavy (non-hydrogen) atoms. The van der Waals surface area contributed by atoms with Gasteiger partial charge >= 0.3 is 6.18 Å². The molecule has 2 saturated carbocycles. The third-order valence-corrected chi connectivity index (χ3v) is 7.56. The molecule has 6 rings (SSSR count). The Labute approximate surface area is 194 Å². The number of nitrogens with one attached hydrogen (secondary N) is 1. The van der Waals surface area contributed by atoms with Gasteiger partial charge in [0.05, 0.1) is 17.3 Å². The predicted octanol–water partition coefficient (Wildman–Crippen LogP) is 4.58. The van der Waals surface area contributed by atoms with E-state index in [0.29, 0.717) is 29.5 Å². The molecule has 3 aromatic rings. The zero-order valence-corrected chi connectivity index (χ0v) is 18.4. The average Bonchev–Trinajstić information content (AvgIpc) is 3.47. The number of aryl methyl sites for hydroxylation is 1. The SMILES string of the molecule is Cc1cccnc1-c1cccnc1C(=O)N1CC2CC23CC(Nc2ccc(C(F)(F)F)cn2)C13. The molecule has 174 valence electrons. The third kappa shape index (κ3) is 3.17. The van der Waals surface area contributed by atoms with Crippen molar-refractivity contribution in [3.8, 4) is 11.3 Å². The summed E-state index contributed by atoms with van der Waals surface area (Å²) in [6, 6.07) is 9.74. The van der Waals surface area contributed by atoms with Crippen molar-refractivity contribution in [1.29, 1.82) is 0 Å². The maximum atomic E-state index is 13.7. The van der Waals surface area contributed by atoms with Gasteiger partial charge in [-0.25, -0.2) is 4.98 Å². The molecule has 4 unspecified atom stereocenters. The Bertz CT molecular complexity index is 1280. The molecule has 9 heteroatoms. The smallest absolute Gasteiger partial charge is 0.365 e. The number of hydrogen-bond donors (Lipinski definition) is 1. The first-order valence-electron chi connectivity index (χ1n) is 11.3. The number of likely N-dealkylation sites (tertiary alicyclic amines) is 1. The molecule has 4 heterocycles. The van der Waals surface area contributed by atoms with Crippen molar-refractivity contribution in [2.45, 2.75) is 38.0 Å². The van der Waals surface area contributed by atoms with Crippen LogP contribution in [0.4, 0.5) is 19.0 Å². The summed E-state index contributed by atoms with van der Waals surface area (Å²) in [5.41, 5.74) is 2.09. The molecule has 6 nitrogen and oxygen atoms in total. The summed E-state index contributed by atoms with van der Waals surface area (Å²) in [7, 11) is 0. The first-order valence-corrected chi connectivity index (χ1v) is 11.3. The summed E-state index contributed by atoms with van der Waals surface area (Å²) in [5.74, 6) is 0.708. The van der Waals surface area contributed by atoms with E-state index in [-0.39, 0.29) is 23.4 Å². The first kappa shape index (κ1) is 21.1. The molecule has 3 aliphatic rings. The molecule has 1 N–H and O–H groups in total. The van der Waals surface area contributed by atoms with Crippen molar-refractivity contribution < 1.29 is 18.0 Å². The van der Waals surface area contributed by atoms with Crippen molar-refractivity contribution in [3.63, 3.8) is 0 Å². The van der Waals surface area contributed by atoms with Crippen LogP contribution >= 0.6 is 0 Å². The van der Waals surface area contributed by atoms with E-state index in [1.165, 1.54) is 6.07 Å². The predicted molar refractivity (Wildman–Crippen MR) is 119 cm³/mol. The molecular formula is C25H22F3N5O. The van der Waals surface area contributed by atoms with Crippen LogP contribution in [-0.4, -0.2) is 44.4 Å². The largest absolute Gasteiger partial charge is 0.417 e. The quantitative estimate of drug-likeness (QED) is 0.611. The molecule has 3 fully saturated rings. The fourth-order valence-electron chi connectivity index (χ4n) is 5.87. The summed E-state index contributed by atoms with van der Waals surface area (Å²) in [4.78, 5) is 28.5. The topological polar surface area (TPSA) is 71.0 Å². The van der Waals surface area contributed by atoms with Crippen molar-refractivity contribution in [2.75, 3.05) is 11.9 Å². The summed E-state index contributed by atoms with van der Waals surface area (Å²) < 4.78 is 38.6. The average molecular weight is 465 g/mol. The van der Waals surface area contributed by atoms with Crippen LogP contribution in [0.5, 0.6) is 0 Å². The highest BCUT2D eigenvalue weighted by atomic mass is 19.4. The Morgan fingerprint density at radius 3 is 2.62 bits per heavy atom. The van der Waals surface area contributed by atoms with Crippen molar-refractivity contribution in [2.24, 2.45) is 11.3 Å². The zero-order valence-electron chi connectivity index (χ0n) is 18.4. The zero-order chi connectivity index (χ0) is 23.7. The van der Waals surface area contributed by atoms with Crippen LogP contribution in [0, 0.1) is 18.3 Å². The maximum absolute atomic E-state index is 13.7. The number of piperidine rings is 1. The van der Waals surface area contributed by atoms with E-state index in [1.54, 1.807) is 18.5 Å². The molecule has 1 aliphatic heterocycles. The van der Waals surface area contributed by atoms with Gasteiger partial charge in [-0.05, 0) is 67.0 Å². The minimum Gasteiger partial charge on any atom is -0.365 e. The van der Waals surface area contributed by atoms with Crippen LogP contribution in [0.1, 0.15) is 34.5 Å². The van der Waals surface area contributed by atoms with E-state index in [1.807, 2.05) is 30.0 Å². The number of aromatic nitrogens is 3. The summed E-state index contributed by atoms with van der Waals surface area (Å²) in [6.07, 6.45) is 1.69. The Balaban J connectivity index is 1.26. The Morgan fingerprint density at radius 1 is 1.09 bits per heavy atom. The molecule has 0 radical (unpaired) electrons. The standard InChI is InChI=1S/C25H22F3N5O/c1-14-4-2-8-29-20(14)17-5-3-9-30-21(17)23(34)33-13-16-10-24(16)11-18(22(24)33)32-19-7-6-15(12-31-19)25(26,27)28/h2-9,12,16,18,22H,10-11,13H2,1H3,(H,31,32). The van der Waals surface area contributed by atoms with E-state index in [9.17, 15) is 18.0 Å². The second-order valence-corrected chi connectivity index (χ2v) is 9.49. The van der Waals surface area contributed by atoms with Crippen LogP contribution in [0.25, 0.3) is 11.3 Å². The number of alkyl halides is 3. The van der Waals surface area contributed by atoms with E-state index in [2.05, 4.69) is 20.3 Å². The van der Waals surface area contributed by atoms with E-state index >= 15 is 0 Å². The van der Waals surface area contributed by atoms with E-state index in [0.717, 1.165) is 36.4 Å². The van der Waals surface area contributed by atoms with Crippen LogP contribution in [0.15, 0.2) is 55.0 Å². The summed E-state index contributed by atoms with van der Waals surface area (Å²) in [5, 5.41) is 3.27. The van der Waals surface area contributed by atoms with Gasteiger partial charge in [-0.15, -0.1) is 0 Å². The number of amides is 1. The van der Waals surface area contributed by atoms with Crippen molar-refractivity contribution >= 4 is 11.7 Å². The number of hydrogen-bond acceptors (Lipinski definition) is 5. The molecule has 1 spiro atoms. The lowest BCUT2D eigenvalue weighted by Crippen LogP contribution is -2.60. The number of anilines is 1. The monoisotopic (exact) mass is 465 g/mol. The van der Waals surface area contributed by atoms with E-state index in [4.69, 9.17) is 0 Å². The van der Waals surface area contributed by atoms with Gasteiger partial charge in [0.2, 0.25) is 0 Å². The fourth-order valence-corrected chi connectivity index (χ4v) is 5.87. The lowest BCUT2D eigenvalue weighted by molar-refractivity contribution is -0.137. The molecule has 2 aliphatic carbocycles. The molecular weight excluding hydrogens is 443 g/mol. The van der Waals surface area contributed by atoms with Crippen molar-refractivity contribution in [3.05, 3.63) is 71.8 Å². The highest BCUT2D eigenvalue weighted by Crippen LogP contribution is 2.71. The minimum absolute atomic E-state index is 0.0335. The summed E-state index contributed by atoms with van der Waals surface area (Å²) in [6.45, 7) is 2.62. The highest BCUT2D eigenvalue weighted by Gasteiger charge is 2.75. The number of carbonyl (C=O) groups is 1. The van der Waals surface area contributed by atoms with Crippen molar-refractivity contribution in [1.82, 2.24) is 19.9 Å². The molecule has 0 aromatic carbocycles. The van der Waals surface area contributed by atoms with Crippen LogP contribution in [0.2, 0.25) is 0 Å². The second-order valence-electron chi connectivity index (χ2n) is 9.49. The molecule has 4 atom stereocenters. The molecule has 0 bridgehead atoms. The van der Waals surface area contributed by atoms with Gasteiger partial charge in [0, 0.05) is 36.7 Å². The number of carbonyl (C=O) groups excluding carboxylic acids is 1. The highest BCUT2D eigenvalue weighted by molar-refractivity contribution is 5.99. The molecule has 1 saturated heterocycles. The first-order chi connectivity index (χ1) is 16.3. The maximum Gasteiger partial charge on any atom is 0.417 e. The molecule has 3 aromatic heterocycles. The number of rotatable bonds is 4. The van der Waals surface area contributed by atoms with Gasteiger partial charge in [-0.3, -0.25) is 14.8 Å². The van der Waals surface area contributed by atoms with Gasteiger partial charge in [-0.2, -0.15) is 13.2 Å². The number of pyridine rings is 3. The van der Waals surface area contributed by atoms with Gasteiger partial charge in [0.1, 0.15) is 11.5 Å². The Hall–Kier alpha value is -3.49. The third-order valence-electron chi connectivity index (χ3n) is 7.56. The van der Waals surface area contributed by atoms with Gasteiger partial charge in [-0.1, -0.05) is 6.07 Å². The van der Waals surface area contributed by atoms with Crippen LogP contribution < -0.4 is 5.32 Å². The second kappa shape index (κ2) is 7.25. The lowest BCUT2D eigenvalue weighted by atomic mass is 9.71. The minimum atomic E-state index is -4.42. The van der Waals surface area contributed by atoms with E-state index < -0.39 is 11.7 Å². The Kier molecular flexibility index (Phi) is 4.49. The van der Waals surface area contributed by atoms with Gasteiger partial charge in [0.25, 0.3) is 5.91 Å². The fraction of sp³-hybridized carbons (Fsp3) is 0.360. The van der Waals surface area contributed by atoms with Crippen LogP contribution in [-0.2, 0) is 6.18 Å². The number of halogens is 3. The van der Waals surface area contributed by atoms with Gasteiger partial charge in [0.15, 0.2) is 0 Å².